The molecule has 0 aromatic heterocycles. The largest absolute Gasteiger partial charge is 0.385 e. The van der Waals surface area contributed by atoms with Gasteiger partial charge in [-0.3, -0.25) is 0 Å². The third-order valence-electron chi connectivity index (χ3n) is 1.77. The fraction of sp³-hybridized carbons (Fsp3) is 0.400. The first-order chi connectivity index (χ1) is 6.74. The molecule has 0 aliphatic carbocycles. The van der Waals surface area contributed by atoms with Gasteiger partial charge in [-0.15, -0.1) is 0 Å². The summed E-state index contributed by atoms with van der Waals surface area (Å²) < 4.78 is 13.4. The van der Waals surface area contributed by atoms with E-state index in [-0.39, 0.29) is 5.82 Å². The Hall–Kier alpha value is -0.220. The Morgan fingerprint density at radius 1 is 1.50 bits per heavy atom. The molecular weight excluding hydrogens is 265 g/mol. The minimum atomic E-state index is -0.223. The molecule has 1 nitrogen and oxygen atoms in total. The normalized spacial score (nSPS) is 10.2. The second-order valence-corrected chi connectivity index (χ2v) is 4.74. The summed E-state index contributed by atoms with van der Waals surface area (Å²) in [5.41, 5.74) is 0.958. The van der Waals surface area contributed by atoms with Crippen LogP contribution in [0.15, 0.2) is 22.7 Å². The summed E-state index contributed by atoms with van der Waals surface area (Å²) in [6.45, 7) is 0.929. The minimum Gasteiger partial charge on any atom is -0.385 e. The smallest absolute Gasteiger partial charge is 0.137 e. The van der Waals surface area contributed by atoms with Crippen molar-refractivity contribution in [1.82, 2.24) is 0 Å². The van der Waals surface area contributed by atoms with E-state index >= 15 is 0 Å². The number of rotatable bonds is 5. The van der Waals surface area contributed by atoms with E-state index < -0.39 is 0 Å². The van der Waals surface area contributed by atoms with Crippen molar-refractivity contribution < 1.29 is 4.39 Å². The Labute approximate surface area is 96.6 Å². The highest BCUT2D eigenvalue weighted by Gasteiger charge is 1.99. The lowest BCUT2D eigenvalue weighted by atomic mass is 10.3. The minimum absolute atomic E-state index is 0.223. The standard InChI is InChI=1S/C10H13BrFNS/c1-14-6-2-5-13-8-3-4-10(12)9(11)7-8/h3-4,7,13H,2,5-6H2,1H3. The summed E-state index contributed by atoms with van der Waals surface area (Å²) in [6.07, 6.45) is 3.21. The first-order valence-electron chi connectivity index (χ1n) is 4.42. The average Bonchev–Trinajstić information content (AvgIpc) is 2.18. The lowest BCUT2D eigenvalue weighted by Gasteiger charge is -2.06. The van der Waals surface area contributed by atoms with E-state index in [1.807, 2.05) is 11.8 Å². The Morgan fingerprint density at radius 2 is 2.29 bits per heavy atom. The van der Waals surface area contributed by atoms with E-state index in [1.54, 1.807) is 12.1 Å². The van der Waals surface area contributed by atoms with Gasteiger partial charge in [0, 0.05) is 12.2 Å². The zero-order valence-corrected chi connectivity index (χ0v) is 10.4. The van der Waals surface area contributed by atoms with Crippen molar-refractivity contribution in [2.45, 2.75) is 6.42 Å². The van der Waals surface area contributed by atoms with E-state index in [0.717, 1.165) is 24.4 Å². The second kappa shape index (κ2) is 6.30. The van der Waals surface area contributed by atoms with Crippen LogP contribution >= 0.6 is 27.7 Å². The zero-order chi connectivity index (χ0) is 10.4. The molecule has 0 bridgehead atoms. The molecule has 0 unspecified atom stereocenters. The third kappa shape index (κ3) is 3.88. The van der Waals surface area contributed by atoms with Gasteiger partial charge >= 0.3 is 0 Å². The maximum Gasteiger partial charge on any atom is 0.137 e. The molecule has 0 saturated heterocycles. The van der Waals surface area contributed by atoms with Gasteiger partial charge in [-0.1, -0.05) is 0 Å². The van der Waals surface area contributed by atoms with Crippen LogP contribution in [0.4, 0.5) is 10.1 Å². The van der Waals surface area contributed by atoms with Crippen molar-refractivity contribution in [3.8, 4) is 0 Å². The first kappa shape index (κ1) is 11.9. The quantitative estimate of drug-likeness (QED) is 0.823. The molecule has 0 aliphatic rings. The van der Waals surface area contributed by atoms with Crippen molar-refractivity contribution in [2.24, 2.45) is 0 Å². The van der Waals surface area contributed by atoms with E-state index in [0.29, 0.717) is 4.47 Å². The lowest BCUT2D eigenvalue weighted by molar-refractivity contribution is 0.621. The Morgan fingerprint density at radius 3 is 2.93 bits per heavy atom. The molecule has 0 spiro atoms. The number of nitrogens with one attached hydrogen (secondary N) is 1. The summed E-state index contributed by atoms with van der Waals surface area (Å²) in [7, 11) is 0. The highest BCUT2D eigenvalue weighted by atomic mass is 79.9. The number of hydrogen-bond acceptors (Lipinski definition) is 2. The monoisotopic (exact) mass is 277 g/mol. The number of thioether (sulfide) groups is 1. The summed E-state index contributed by atoms with van der Waals surface area (Å²) in [4.78, 5) is 0. The number of anilines is 1. The highest BCUT2D eigenvalue weighted by Crippen LogP contribution is 2.19. The number of benzene rings is 1. The van der Waals surface area contributed by atoms with Crippen LogP contribution in [0.1, 0.15) is 6.42 Å². The average molecular weight is 278 g/mol. The maximum atomic E-state index is 12.9. The predicted molar refractivity (Wildman–Crippen MR) is 65.6 cm³/mol. The molecule has 1 N–H and O–H groups in total. The van der Waals surface area contributed by atoms with Crippen LogP contribution in [0.2, 0.25) is 0 Å². The molecule has 78 valence electrons. The van der Waals surface area contributed by atoms with Gasteiger partial charge in [0.2, 0.25) is 0 Å². The lowest BCUT2D eigenvalue weighted by Crippen LogP contribution is -2.02. The molecule has 0 saturated carbocycles. The summed E-state index contributed by atoms with van der Waals surface area (Å²) in [5, 5.41) is 3.24. The Balaban J connectivity index is 2.39. The van der Waals surface area contributed by atoms with Crippen molar-refractivity contribution in [2.75, 3.05) is 23.9 Å². The molecule has 0 heterocycles. The predicted octanol–water partition coefficient (Wildman–Crippen LogP) is 3.75. The number of halogens is 2. The summed E-state index contributed by atoms with van der Waals surface area (Å²) in [6, 6.07) is 4.97. The van der Waals surface area contributed by atoms with Crippen LogP contribution in [-0.2, 0) is 0 Å². The van der Waals surface area contributed by atoms with E-state index in [2.05, 4.69) is 27.5 Å². The molecule has 14 heavy (non-hydrogen) atoms. The molecule has 1 rings (SSSR count). The molecule has 1 aromatic rings. The van der Waals surface area contributed by atoms with Crippen LogP contribution in [0, 0.1) is 5.82 Å². The van der Waals surface area contributed by atoms with Gasteiger partial charge in [0.1, 0.15) is 5.82 Å². The van der Waals surface area contributed by atoms with Crippen LogP contribution < -0.4 is 5.32 Å². The van der Waals surface area contributed by atoms with Crippen molar-refractivity contribution in [3.63, 3.8) is 0 Å². The molecule has 0 atom stereocenters. The molecule has 0 radical (unpaired) electrons. The topological polar surface area (TPSA) is 12.0 Å². The molecule has 0 aliphatic heterocycles. The maximum absolute atomic E-state index is 12.9. The van der Waals surface area contributed by atoms with Crippen molar-refractivity contribution in [1.29, 1.82) is 0 Å². The van der Waals surface area contributed by atoms with Gasteiger partial charge in [-0.25, -0.2) is 4.39 Å². The highest BCUT2D eigenvalue weighted by molar-refractivity contribution is 9.10. The van der Waals surface area contributed by atoms with Gasteiger partial charge in [-0.05, 0) is 52.6 Å². The van der Waals surface area contributed by atoms with Gasteiger partial charge < -0.3 is 5.32 Å². The molecular formula is C10H13BrFNS. The van der Waals surface area contributed by atoms with Crippen molar-refractivity contribution >= 4 is 33.4 Å². The molecule has 4 heteroatoms. The number of hydrogen-bond donors (Lipinski definition) is 1. The zero-order valence-electron chi connectivity index (χ0n) is 8.02. The van der Waals surface area contributed by atoms with Gasteiger partial charge in [0.25, 0.3) is 0 Å². The van der Waals surface area contributed by atoms with E-state index in [1.165, 1.54) is 6.07 Å². The summed E-state index contributed by atoms with van der Waals surface area (Å²) >= 11 is 4.98. The third-order valence-corrected chi connectivity index (χ3v) is 3.08. The molecule has 0 amide bonds. The summed E-state index contributed by atoms with van der Waals surface area (Å²) in [5.74, 6) is 0.926. The van der Waals surface area contributed by atoms with Crippen LogP contribution in [0.25, 0.3) is 0 Å². The van der Waals surface area contributed by atoms with E-state index in [9.17, 15) is 4.39 Å². The van der Waals surface area contributed by atoms with E-state index in [4.69, 9.17) is 0 Å². The SMILES string of the molecule is CSCCCNc1ccc(F)c(Br)c1. The molecule has 0 fully saturated rings. The van der Waals surface area contributed by atoms with Gasteiger partial charge in [0.05, 0.1) is 4.47 Å². The molecule has 1 aromatic carbocycles. The van der Waals surface area contributed by atoms with Crippen LogP contribution in [-0.4, -0.2) is 18.6 Å². The Bertz CT molecular complexity index is 293. The van der Waals surface area contributed by atoms with Crippen molar-refractivity contribution in [3.05, 3.63) is 28.5 Å². The Kier molecular flexibility index (Phi) is 5.33. The fourth-order valence-electron chi connectivity index (χ4n) is 1.06. The van der Waals surface area contributed by atoms with Crippen LogP contribution in [0.5, 0.6) is 0 Å². The second-order valence-electron chi connectivity index (χ2n) is 2.90. The fourth-order valence-corrected chi connectivity index (χ4v) is 1.87. The van der Waals surface area contributed by atoms with Gasteiger partial charge in [-0.2, -0.15) is 11.8 Å². The van der Waals surface area contributed by atoms with Gasteiger partial charge in [0.15, 0.2) is 0 Å². The first-order valence-corrected chi connectivity index (χ1v) is 6.60. The van der Waals surface area contributed by atoms with Crippen LogP contribution in [0.3, 0.4) is 0 Å².